The number of carbonyl (C=O) groups is 4. The number of nitrogens with one attached hydrogen (secondary N) is 1. The van der Waals surface area contributed by atoms with Gasteiger partial charge in [-0.25, -0.2) is 9.59 Å². The third-order valence-corrected chi connectivity index (χ3v) is 4.03. The van der Waals surface area contributed by atoms with Crippen LogP contribution in [0.1, 0.15) is 63.4 Å². The number of alkyl carbamates (subject to hydrolysis) is 1. The molecule has 0 spiro atoms. The second kappa shape index (κ2) is 12.4. The molecule has 0 radical (unpaired) electrons. The maximum absolute atomic E-state index is 12.4. The highest BCUT2D eigenvalue weighted by Gasteiger charge is 2.25. The average Bonchev–Trinajstić information content (AvgIpc) is 2.70. The Kier molecular flexibility index (Phi) is 10.4. The first kappa shape index (κ1) is 26.6. The zero-order chi connectivity index (χ0) is 24.3. The third kappa shape index (κ3) is 9.60. The second-order valence-corrected chi connectivity index (χ2v) is 8.31. The van der Waals surface area contributed by atoms with Gasteiger partial charge >= 0.3 is 18.0 Å². The Morgan fingerprint density at radius 3 is 2.41 bits per heavy atom. The molecule has 0 aliphatic carbocycles. The number of ether oxygens (including phenoxy) is 3. The summed E-state index contributed by atoms with van der Waals surface area (Å²) in [5.74, 6) is -1.55. The molecule has 1 unspecified atom stereocenters. The summed E-state index contributed by atoms with van der Waals surface area (Å²) in [4.78, 5) is 48.4. The molecular weight excluding hydrogens is 416 g/mol. The van der Waals surface area contributed by atoms with Gasteiger partial charge < -0.3 is 19.5 Å². The lowest BCUT2D eigenvalue weighted by atomic mass is 9.99. The summed E-state index contributed by atoms with van der Waals surface area (Å²) in [5, 5.41) is 11.1. The normalized spacial score (nSPS) is 11.6. The Labute approximate surface area is 188 Å². The summed E-state index contributed by atoms with van der Waals surface area (Å²) in [6.07, 6.45) is -0.814. The van der Waals surface area contributed by atoms with Crippen LogP contribution in [0.15, 0.2) is 18.2 Å². The highest BCUT2D eigenvalue weighted by molar-refractivity contribution is 5.97. The molecule has 0 saturated carbocycles. The van der Waals surface area contributed by atoms with E-state index in [0.717, 1.165) is 0 Å². The standard InChI is InChI=1S/C23H30N2O7/c1-6-30-21(28)18(25-22(29)31-14-23(3,4)5)13-16-9-10-19(17(12-16)15(2)26)32-20(27)8-7-11-24/h9-10,12,18H,6-8,13-14H2,1-5H3,(H,25,29). The number of Topliss-reactive ketones (excluding diaryl/α,β-unsaturated/α-hetero) is 1. The number of nitriles is 1. The van der Waals surface area contributed by atoms with E-state index in [1.807, 2.05) is 26.8 Å². The van der Waals surface area contributed by atoms with Crippen molar-refractivity contribution in [2.75, 3.05) is 13.2 Å². The maximum Gasteiger partial charge on any atom is 0.407 e. The zero-order valence-electron chi connectivity index (χ0n) is 19.1. The van der Waals surface area contributed by atoms with Crippen LogP contribution in [0.4, 0.5) is 4.79 Å². The van der Waals surface area contributed by atoms with Gasteiger partial charge in [-0.2, -0.15) is 5.26 Å². The lowest BCUT2D eigenvalue weighted by Crippen LogP contribution is -2.44. The van der Waals surface area contributed by atoms with Crippen molar-refractivity contribution in [2.24, 2.45) is 5.41 Å². The van der Waals surface area contributed by atoms with Crippen LogP contribution in [0, 0.1) is 16.7 Å². The number of hydrogen-bond acceptors (Lipinski definition) is 8. The largest absolute Gasteiger partial charge is 0.464 e. The molecule has 9 nitrogen and oxygen atoms in total. The molecular formula is C23H30N2O7. The fraction of sp³-hybridized carbons (Fsp3) is 0.522. The van der Waals surface area contributed by atoms with Gasteiger partial charge in [0.05, 0.1) is 31.3 Å². The molecule has 0 aliphatic rings. The summed E-state index contributed by atoms with van der Waals surface area (Å²) >= 11 is 0. The maximum atomic E-state index is 12.4. The fourth-order valence-electron chi connectivity index (χ4n) is 2.54. The molecule has 0 fully saturated rings. The Hall–Kier alpha value is -3.41. The van der Waals surface area contributed by atoms with E-state index in [1.54, 1.807) is 13.0 Å². The van der Waals surface area contributed by atoms with Crippen molar-refractivity contribution in [3.05, 3.63) is 29.3 Å². The number of benzene rings is 1. The molecule has 1 N–H and O–H groups in total. The van der Waals surface area contributed by atoms with Gasteiger partial charge in [0, 0.05) is 12.8 Å². The van der Waals surface area contributed by atoms with Gasteiger partial charge in [0.1, 0.15) is 11.8 Å². The highest BCUT2D eigenvalue weighted by atomic mass is 16.6. The van der Waals surface area contributed by atoms with Crippen molar-refractivity contribution in [2.45, 2.75) is 59.9 Å². The van der Waals surface area contributed by atoms with Crippen molar-refractivity contribution in [3.8, 4) is 11.8 Å². The molecule has 1 amide bonds. The molecule has 1 aromatic carbocycles. The predicted octanol–water partition coefficient (Wildman–Crippen LogP) is 3.34. The summed E-state index contributed by atoms with van der Waals surface area (Å²) in [6, 6.07) is 5.32. The van der Waals surface area contributed by atoms with Crippen LogP contribution >= 0.6 is 0 Å². The van der Waals surface area contributed by atoms with Crippen molar-refractivity contribution < 1.29 is 33.4 Å². The predicted molar refractivity (Wildman–Crippen MR) is 115 cm³/mol. The van der Waals surface area contributed by atoms with Crippen LogP contribution in [-0.4, -0.2) is 43.1 Å². The molecule has 0 heterocycles. The summed E-state index contributed by atoms with van der Waals surface area (Å²) in [5.41, 5.74) is 0.445. The Morgan fingerprint density at radius 1 is 1.16 bits per heavy atom. The molecule has 0 bridgehead atoms. The van der Waals surface area contributed by atoms with Gasteiger partial charge in [-0.15, -0.1) is 0 Å². The topological polar surface area (TPSA) is 132 Å². The van der Waals surface area contributed by atoms with E-state index in [4.69, 9.17) is 19.5 Å². The molecule has 1 atom stereocenters. The van der Waals surface area contributed by atoms with Crippen molar-refractivity contribution >= 4 is 23.8 Å². The molecule has 0 saturated heterocycles. The zero-order valence-corrected chi connectivity index (χ0v) is 19.1. The summed E-state index contributed by atoms with van der Waals surface area (Å²) in [6.45, 7) is 8.97. The Bertz CT molecular complexity index is 881. The number of rotatable bonds is 10. The van der Waals surface area contributed by atoms with E-state index in [0.29, 0.717) is 5.56 Å². The quantitative estimate of drug-likeness (QED) is 0.329. The summed E-state index contributed by atoms with van der Waals surface area (Å²) < 4.78 is 15.4. The van der Waals surface area contributed by atoms with E-state index in [9.17, 15) is 19.2 Å². The van der Waals surface area contributed by atoms with Gasteiger partial charge in [-0.05, 0) is 37.0 Å². The lowest BCUT2D eigenvalue weighted by molar-refractivity contribution is -0.145. The molecule has 32 heavy (non-hydrogen) atoms. The minimum absolute atomic E-state index is 0.00449. The number of ketones is 1. The average molecular weight is 447 g/mol. The molecule has 0 aliphatic heterocycles. The minimum atomic E-state index is -1.04. The van der Waals surface area contributed by atoms with Crippen LogP contribution < -0.4 is 10.1 Å². The minimum Gasteiger partial charge on any atom is -0.464 e. The van der Waals surface area contributed by atoms with Crippen molar-refractivity contribution in [3.63, 3.8) is 0 Å². The summed E-state index contributed by atoms with van der Waals surface area (Å²) in [7, 11) is 0. The van der Waals surface area contributed by atoms with Crippen LogP contribution in [-0.2, 0) is 25.5 Å². The first-order chi connectivity index (χ1) is 15.0. The third-order valence-electron chi connectivity index (χ3n) is 4.03. The van der Waals surface area contributed by atoms with Crippen LogP contribution in [0.3, 0.4) is 0 Å². The molecule has 1 aromatic rings. The van der Waals surface area contributed by atoms with E-state index >= 15 is 0 Å². The van der Waals surface area contributed by atoms with Gasteiger partial charge in [0.25, 0.3) is 0 Å². The molecule has 1 rings (SSSR count). The number of nitrogens with zero attached hydrogens (tertiary/aromatic N) is 1. The first-order valence-corrected chi connectivity index (χ1v) is 10.3. The molecule has 9 heteroatoms. The highest BCUT2D eigenvalue weighted by Crippen LogP contribution is 2.23. The van der Waals surface area contributed by atoms with Crippen LogP contribution in [0.2, 0.25) is 0 Å². The number of hydrogen-bond donors (Lipinski definition) is 1. The lowest BCUT2D eigenvalue weighted by Gasteiger charge is -2.21. The van der Waals surface area contributed by atoms with Crippen LogP contribution in [0.5, 0.6) is 5.75 Å². The van der Waals surface area contributed by atoms with Crippen molar-refractivity contribution in [1.29, 1.82) is 5.26 Å². The van der Waals surface area contributed by atoms with E-state index in [-0.39, 0.29) is 55.0 Å². The van der Waals surface area contributed by atoms with Gasteiger partial charge in [-0.1, -0.05) is 26.8 Å². The second-order valence-electron chi connectivity index (χ2n) is 8.31. The number of amides is 1. The van der Waals surface area contributed by atoms with Gasteiger partial charge in [0.2, 0.25) is 0 Å². The first-order valence-electron chi connectivity index (χ1n) is 10.3. The monoisotopic (exact) mass is 446 g/mol. The molecule has 0 aromatic heterocycles. The van der Waals surface area contributed by atoms with Gasteiger partial charge in [0.15, 0.2) is 5.78 Å². The molecule has 174 valence electrons. The van der Waals surface area contributed by atoms with E-state index in [1.165, 1.54) is 19.1 Å². The number of esters is 2. The SMILES string of the molecule is CCOC(=O)C(Cc1ccc(OC(=O)CCC#N)c(C(C)=O)c1)NC(=O)OCC(C)(C)C. The van der Waals surface area contributed by atoms with Crippen LogP contribution in [0.25, 0.3) is 0 Å². The Balaban J connectivity index is 3.03. The fourth-order valence-corrected chi connectivity index (χ4v) is 2.54. The van der Waals surface area contributed by atoms with E-state index < -0.39 is 24.1 Å². The van der Waals surface area contributed by atoms with E-state index in [2.05, 4.69) is 5.32 Å². The Morgan fingerprint density at radius 2 is 1.84 bits per heavy atom. The van der Waals surface area contributed by atoms with Crippen molar-refractivity contribution in [1.82, 2.24) is 5.32 Å². The van der Waals surface area contributed by atoms with Gasteiger partial charge in [-0.3, -0.25) is 9.59 Å². The number of carbonyl (C=O) groups excluding carboxylic acids is 4. The smallest absolute Gasteiger partial charge is 0.407 e.